The van der Waals surface area contributed by atoms with Crippen molar-refractivity contribution in [3.05, 3.63) is 43.5 Å². The minimum atomic E-state index is -0.613. The lowest BCUT2D eigenvalue weighted by Crippen LogP contribution is -2.00. The molecule has 2 aromatic rings. The van der Waals surface area contributed by atoms with E-state index < -0.39 is 6.10 Å². The van der Waals surface area contributed by atoms with E-state index >= 15 is 0 Å². The van der Waals surface area contributed by atoms with E-state index in [2.05, 4.69) is 15.9 Å². The largest absolute Gasteiger partial charge is 0.454 e. The van der Waals surface area contributed by atoms with E-state index in [4.69, 9.17) is 21.1 Å². The molecule has 0 saturated heterocycles. The molecule has 0 aliphatic carbocycles. The first-order chi connectivity index (χ1) is 9.13. The third kappa shape index (κ3) is 2.74. The Morgan fingerprint density at radius 1 is 1.37 bits per heavy atom. The van der Waals surface area contributed by atoms with Crippen LogP contribution in [0, 0.1) is 0 Å². The molecule has 2 heterocycles. The van der Waals surface area contributed by atoms with Crippen molar-refractivity contribution in [2.24, 2.45) is 0 Å². The maximum atomic E-state index is 10.3. The van der Waals surface area contributed by atoms with E-state index in [1.807, 2.05) is 11.4 Å². The quantitative estimate of drug-likeness (QED) is 0.892. The fraction of sp³-hybridized carbons (Fsp3) is 0.231. The molecule has 0 radical (unpaired) electrons. The Bertz CT molecular complexity index is 614. The van der Waals surface area contributed by atoms with Gasteiger partial charge in [0.05, 0.1) is 11.1 Å². The third-order valence-corrected chi connectivity index (χ3v) is 4.85. The van der Waals surface area contributed by atoms with E-state index in [0.717, 1.165) is 14.9 Å². The molecule has 0 spiro atoms. The van der Waals surface area contributed by atoms with Gasteiger partial charge in [0.2, 0.25) is 6.79 Å². The number of thiophene rings is 1. The fourth-order valence-electron chi connectivity index (χ4n) is 1.95. The Hall–Kier alpha value is -0.750. The molecule has 0 bridgehead atoms. The van der Waals surface area contributed by atoms with Crippen molar-refractivity contribution >= 4 is 38.9 Å². The molecule has 6 heteroatoms. The Kier molecular flexibility index (Phi) is 3.71. The zero-order chi connectivity index (χ0) is 13.4. The normalized spacial score (nSPS) is 14.7. The summed E-state index contributed by atoms with van der Waals surface area (Å²) in [6, 6.07) is 5.51. The lowest BCUT2D eigenvalue weighted by atomic mass is 10.1. The Balaban J connectivity index is 1.84. The van der Waals surface area contributed by atoms with Crippen LogP contribution in [0.5, 0.6) is 11.5 Å². The summed E-state index contributed by atoms with van der Waals surface area (Å²) in [6.45, 7) is 0.173. The van der Waals surface area contributed by atoms with E-state index in [1.165, 1.54) is 0 Å². The fourth-order valence-corrected chi connectivity index (χ4v) is 3.71. The van der Waals surface area contributed by atoms with Crippen LogP contribution in [0.1, 0.15) is 16.5 Å². The van der Waals surface area contributed by atoms with Gasteiger partial charge in [-0.25, -0.2) is 0 Å². The van der Waals surface area contributed by atoms with Gasteiger partial charge in [0.25, 0.3) is 0 Å². The van der Waals surface area contributed by atoms with E-state index in [0.29, 0.717) is 22.9 Å². The summed E-state index contributed by atoms with van der Waals surface area (Å²) < 4.78 is 11.6. The molecule has 0 saturated carbocycles. The lowest BCUT2D eigenvalue weighted by Gasteiger charge is -2.11. The van der Waals surface area contributed by atoms with Gasteiger partial charge < -0.3 is 14.6 Å². The molecule has 100 valence electrons. The van der Waals surface area contributed by atoms with Crippen LogP contribution < -0.4 is 9.47 Å². The Labute approximate surface area is 127 Å². The second-order valence-electron chi connectivity index (χ2n) is 4.19. The number of hydrogen-bond donors (Lipinski definition) is 1. The summed E-state index contributed by atoms with van der Waals surface area (Å²) in [4.78, 5) is 1.10. The Morgan fingerprint density at radius 2 is 2.21 bits per heavy atom. The highest BCUT2D eigenvalue weighted by Gasteiger charge is 2.21. The molecule has 1 aromatic heterocycles. The highest BCUT2D eigenvalue weighted by molar-refractivity contribution is 9.10. The minimum Gasteiger partial charge on any atom is -0.454 e. The van der Waals surface area contributed by atoms with E-state index in [-0.39, 0.29) is 6.79 Å². The molecule has 1 N–H and O–H groups in total. The standard InChI is InChI=1S/C13H10BrClO3S/c14-8-3-9(19-5-8)4-11(16)7-1-10(15)13-12(2-7)17-6-18-13/h1-3,5,11,16H,4,6H2. The van der Waals surface area contributed by atoms with Crippen LogP contribution in [-0.4, -0.2) is 11.9 Å². The summed E-state index contributed by atoms with van der Waals surface area (Å²) in [5.74, 6) is 1.14. The minimum absolute atomic E-state index is 0.173. The molecule has 1 aliphatic heterocycles. The van der Waals surface area contributed by atoms with Gasteiger partial charge in [0.1, 0.15) is 0 Å². The average molecular weight is 362 g/mol. The van der Waals surface area contributed by atoms with Gasteiger partial charge in [-0.15, -0.1) is 11.3 Å². The molecule has 1 atom stereocenters. The van der Waals surface area contributed by atoms with Crippen molar-refractivity contribution in [2.75, 3.05) is 6.79 Å². The van der Waals surface area contributed by atoms with Crippen molar-refractivity contribution in [3.8, 4) is 11.5 Å². The molecule has 1 aliphatic rings. The molecule has 3 rings (SSSR count). The predicted molar refractivity (Wildman–Crippen MR) is 78.3 cm³/mol. The van der Waals surface area contributed by atoms with E-state index in [1.54, 1.807) is 23.5 Å². The van der Waals surface area contributed by atoms with Crippen molar-refractivity contribution in [2.45, 2.75) is 12.5 Å². The summed E-state index contributed by atoms with van der Waals surface area (Å²) in [5, 5.41) is 12.7. The number of rotatable bonds is 3. The second-order valence-corrected chi connectivity index (χ2v) is 6.51. The third-order valence-electron chi connectivity index (χ3n) is 2.85. The van der Waals surface area contributed by atoms with Gasteiger partial charge in [0.15, 0.2) is 11.5 Å². The van der Waals surface area contributed by atoms with Gasteiger partial charge in [0, 0.05) is 21.2 Å². The molecule has 0 amide bonds. The number of ether oxygens (including phenoxy) is 2. The van der Waals surface area contributed by atoms with Crippen LogP contribution >= 0.6 is 38.9 Å². The predicted octanol–water partition coefficient (Wildman–Crippen LogP) is 4.17. The number of benzene rings is 1. The number of aliphatic hydroxyl groups excluding tert-OH is 1. The smallest absolute Gasteiger partial charge is 0.231 e. The summed E-state index contributed by atoms with van der Waals surface area (Å²) in [5.41, 5.74) is 0.735. The van der Waals surface area contributed by atoms with Gasteiger partial charge in [-0.1, -0.05) is 11.6 Å². The molecule has 1 aromatic carbocycles. The average Bonchev–Trinajstić information content (AvgIpc) is 2.98. The molecule has 1 unspecified atom stereocenters. The first-order valence-corrected chi connectivity index (χ1v) is 7.68. The highest BCUT2D eigenvalue weighted by atomic mass is 79.9. The van der Waals surface area contributed by atoms with Crippen LogP contribution in [0.2, 0.25) is 5.02 Å². The van der Waals surface area contributed by atoms with Crippen LogP contribution in [0.15, 0.2) is 28.1 Å². The topological polar surface area (TPSA) is 38.7 Å². The summed E-state index contributed by atoms with van der Waals surface area (Å²) >= 11 is 11.1. The van der Waals surface area contributed by atoms with Crippen LogP contribution in [-0.2, 0) is 6.42 Å². The Morgan fingerprint density at radius 3 is 2.95 bits per heavy atom. The molecule has 0 fully saturated rings. The first-order valence-electron chi connectivity index (χ1n) is 5.63. The van der Waals surface area contributed by atoms with Gasteiger partial charge >= 0.3 is 0 Å². The van der Waals surface area contributed by atoms with Crippen molar-refractivity contribution in [3.63, 3.8) is 0 Å². The first kappa shape index (κ1) is 13.2. The highest BCUT2D eigenvalue weighted by Crippen LogP contribution is 2.41. The van der Waals surface area contributed by atoms with Crippen molar-refractivity contribution < 1.29 is 14.6 Å². The lowest BCUT2D eigenvalue weighted by molar-refractivity contribution is 0.171. The van der Waals surface area contributed by atoms with Gasteiger partial charge in [-0.3, -0.25) is 0 Å². The van der Waals surface area contributed by atoms with Crippen LogP contribution in [0.4, 0.5) is 0 Å². The monoisotopic (exact) mass is 360 g/mol. The van der Waals surface area contributed by atoms with E-state index in [9.17, 15) is 5.11 Å². The zero-order valence-electron chi connectivity index (χ0n) is 9.73. The number of halogens is 2. The van der Waals surface area contributed by atoms with Gasteiger partial charge in [-0.05, 0) is 39.7 Å². The number of hydrogen-bond acceptors (Lipinski definition) is 4. The van der Waals surface area contributed by atoms with Crippen LogP contribution in [0.3, 0.4) is 0 Å². The molecule has 19 heavy (non-hydrogen) atoms. The van der Waals surface area contributed by atoms with Crippen molar-refractivity contribution in [1.82, 2.24) is 0 Å². The summed E-state index contributed by atoms with van der Waals surface area (Å²) in [7, 11) is 0. The van der Waals surface area contributed by atoms with Crippen LogP contribution in [0.25, 0.3) is 0 Å². The number of fused-ring (bicyclic) bond motifs is 1. The van der Waals surface area contributed by atoms with Gasteiger partial charge in [-0.2, -0.15) is 0 Å². The zero-order valence-corrected chi connectivity index (χ0v) is 12.9. The second kappa shape index (κ2) is 5.32. The molecular weight excluding hydrogens is 352 g/mol. The SMILES string of the molecule is OC(Cc1cc(Br)cs1)c1cc(Cl)c2c(c1)OCO2. The molecular formula is C13H10BrClO3S. The summed E-state index contributed by atoms with van der Waals surface area (Å²) in [6.07, 6.45) is -0.0655. The maximum absolute atomic E-state index is 10.3. The van der Waals surface area contributed by atoms with Crippen molar-refractivity contribution in [1.29, 1.82) is 0 Å². The maximum Gasteiger partial charge on any atom is 0.231 e. The number of aliphatic hydroxyl groups is 1. The molecule has 3 nitrogen and oxygen atoms in total.